The molecule has 0 aliphatic carbocycles. The van der Waals surface area contributed by atoms with Crippen LogP contribution in [0.15, 0.2) is 24.3 Å². The molecule has 1 aliphatic heterocycles. The quantitative estimate of drug-likeness (QED) is 0.866. The Balaban J connectivity index is 2.06. The number of carbonyl (C=O) groups is 1. The highest BCUT2D eigenvalue weighted by Gasteiger charge is 2.40. The molecule has 3 heteroatoms. The lowest BCUT2D eigenvalue weighted by molar-refractivity contribution is -0.131. The van der Waals surface area contributed by atoms with Crippen molar-refractivity contribution in [3.05, 3.63) is 35.4 Å². The SMILES string of the molecule is CCCC1(C(=O)N[C@H](C)c2cccc(C)c2)CCNC1. The largest absolute Gasteiger partial charge is 0.349 e. The third kappa shape index (κ3) is 3.21. The second-order valence-electron chi connectivity index (χ2n) is 6.07. The number of amides is 1. The molecule has 0 spiro atoms. The first kappa shape index (κ1) is 15.0. The Kier molecular flexibility index (Phi) is 4.81. The average Bonchev–Trinajstić information content (AvgIpc) is 2.89. The fraction of sp³-hybridized carbons (Fsp3) is 0.588. The van der Waals surface area contributed by atoms with Gasteiger partial charge in [0, 0.05) is 6.54 Å². The van der Waals surface area contributed by atoms with Crippen LogP contribution in [-0.2, 0) is 4.79 Å². The number of aryl methyl sites for hydroxylation is 1. The first-order chi connectivity index (χ1) is 9.57. The van der Waals surface area contributed by atoms with E-state index in [1.807, 2.05) is 6.07 Å². The summed E-state index contributed by atoms with van der Waals surface area (Å²) in [5, 5.41) is 6.55. The predicted molar refractivity (Wildman–Crippen MR) is 82.6 cm³/mol. The van der Waals surface area contributed by atoms with Gasteiger partial charge in [-0.15, -0.1) is 0 Å². The Morgan fingerprint density at radius 3 is 2.90 bits per heavy atom. The third-order valence-electron chi connectivity index (χ3n) is 4.34. The van der Waals surface area contributed by atoms with E-state index in [2.05, 4.69) is 49.6 Å². The molecule has 2 atom stereocenters. The van der Waals surface area contributed by atoms with Crippen molar-refractivity contribution in [2.24, 2.45) is 5.41 Å². The molecule has 1 fully saturated rings. The maximum Gasteiger partial charge on any atom is 0.228 e. The van der Waals surface area contributed by atoms with Crippen LogP contribution in [0.25, 0.3) is 0 Å². The van der Waals surface area contributed by atoms with Gasteiger partial charge in [0.2, 0.25) is 5.91 Å². The molecule has 20 heavy (non-hydrogen) atoms. The average molecular weight is 274 g/mol. The van der Waals surface area contributed by atoms with Gasteiger partial charge in [-0.1, -0.05) is 43.2 Å². The number of hydrogen-bond donors (Lipinski definition) is 2. The van der Waals surface area contributed by atoms with E-state index in [0.29, 0.717) is 0 Å². The van der Waals surface area contributed by atoms with Crippen molar-refractivity contribution in [1.29, 1.82) is 0 Å². The molecule has 1 aromatic rings. The summed E-state index contributed by atoms with van der Waals surface area (Å²) in [6.07, 6.45) is 2.97. The van der Waals surface area contributed by atoms with E-state index in [1.165, 1.54) is 11.1 Å². The maximum atomic E-state index is 12.7. The van der Waals surface area contributed by atoms with Crippen molar-refractivity contribution in [2.45, 2.75) is 46.1 Å². The van der Waals surface area contributed by atoms with Crippen LogP contribution in [-0.4, -0.2) is 19.0 Å². The number of benzene rings is 1. The molecule has 110 valence electrons. The molecule has 1 heterocycles. The zero-order valence-corrected chi connectivity index (χ0v) is 12.8. The van der Waals surface area contributed by atoms with Crippen molar-refractivity contribution in [3.8, 4) is 0 Å². The van der Waals surface area contributed by atoms with E-state index in [-0.39, 0.29) is 17.4 Å². The van der Waals surface area contributed by atoms with E-state index in [9.17, 15) is 4.79 Å². The van der Waals surface area contributed by atoms with Crippen molar-refractivity contribution in [3.63, 3.8) is 0 Å². The fourth-order valence-electron chi connectivity index (χ4n) is 3.12. The third-order valence-corrected chi connectivity index (χ3v) is 4.34. The molecule has 1 unspecified atom stereocenters. The van der Waals surface area contributed by atoms with Crippen LogP contribution in [0, 0.1) is 12.3 Å². The molecule has 0 saturated carbocycles. The lowest BCUT2D eigenvalue weighted by Gasteiger charge is -2.28. The maximum absolute atomic E-state index is 12.7. The zero-order chi connectivity index (χ0) is 14.6. The Hall–Kier alpha value is -1.35. The molecule has 2 N–H and O–H groups in total. The summed E-state index contributed by atoms with van der Waals surface area (Å²) in [4.78, 5) is 12.7. The molecule has 3 nitrogen and oxygen atoms in total. The number of rotatable bonds is 5. The van der Waals surface area contributed by atoms with Crippen LogP contribution in [0.1, 0.15) is 50.3 Å². The van der Waals surface area contributed by atoms with Gasteiger partial charge < -0.3 is 10.6 Å². The van der Waals surface area contributed by atoms with E-state index in [0.717, 1.165) is 32.4 Å². The minimum Gasteiger partial charge on any atom is -0.349 e. The number of carbonyl (C=O) groups excluding carboxylic acids is 1. The van der Waals surface area contributed by atoms with Crippen LogP contribution < -0.4 is 10.6 Å². The minimum absolute atomic E-state index is 0.0664. The van der Waals surface area contributed by atoms with E-state index >= 15 is 0 Å². The van der Waals surface area contributed by atoms with Gasteiger partial charge in [-0.3, -0.25) is 4.79 Å². The van der Waals surface area contributed by atoms with Gasteiger partial charge in [-0.25, -0.2) is 0 Å². The molecule has 0 radical (unpaired) electrons. The second kappa shape index (κ2) is 6.40. The molecule has 0 aromatic heterocycles. The molecular formula is C17H26N2O. The Labute approximate surface area is 122 Å². The van der Waals surface area contributed by atoms with Crippen LogP contribution >= 0.6 is 0 Å². The van der Waals surface area contributed by atoms with E-state index in [4.69, 9.17) is 0 Å². The summed E-state index contributed by atoms with van der Waals surface area (Å²) in [6, 6.07) is 8.42. The standard InChI is InChI=1S/C17H26N2O/c1-4-8-17(9-10-18-12-17)16(20)19-14(3)15-7-5-6-13(2)11-15/h5-7,11,14,18H,4,8-10,12H2,1-3H3,(H,19,20)/t14-,17?/m1/s1. The summed E-state index contributed by atoms with van der Waals surface area (Å²) >= 11 is 0. The summed E-state index contributed by atoms with van der Waals surface area (Å²) in [6.45, 7) is 8.06. The lowest BCUT2D eigenvalue weighted by Crippen LogP contribution is -2.43. The van der Waals surface area contributed by atoms with Gasteiger partial charge in [0.15, 0.2) is 0 Å². The zero-order valence-electron chi connectivity index (χ0n) is 12.8. The van der Waals surface area contributed by atoms with E-state index in [1.54, 1.807) is 0 Å². The summed E-state index contributed by atoms with van der Waals surface area (Å²) < 4.78 is 0. The molecular weight excluding hydrogens is 248 g/mol. The first-order valence-corrected chi connectivity index (χ1v) is 7.66. The minimum atomic E-state index is -0.202. The molecule has 0 bridgehead atoms. The molecule has 1 saturated heterocycles. The summed E-state index contributed by atoms with van der Waals surface area (Å²) in [7, 11) is 0. The highest BCUT2D eigenvalue weighted by atomic mass is 16.2. The van der Waals surface area contributed by atoms with Crippen LogP contribution in [0.4, 0.5) is 0 Å². The van der Waals surface area contributed by atoms with Crippen molar-refractivity contribution in [1.82, 2.24) is 10.6 Å². The van der Waals surface area contributed by atoms with Crippen LogP contribution in [0.3, 0.4) is 0 Å². The van der Waals surface area contributed by atoms with Crippen molar-refractivity contribution < 1.29 is 4.79 Å². The number of hydrogen-bond acceptors (Lipinski definition) is 2. The van der Waals surface area contributed by atoms with Gasteiger partial charge in [0.1, 0.15) is 0 Å². The monoisotopic (exact) mass is 274 g/mol. The van der Waals surface area contributed by atoms with Crippen LogP contribution in [0.5, 0.6) is 0 Å². The Morgan fingerprint density at radius 1 is 1.50 bits per heavy atom. The Morgan fingerprint density at radius 2 is 2.30 bits per heavy atom. The van der Waals surface area contributed by atoms with E-state index < -0.39 is 0 Å². The highest BCUT2D eigenvalue weighted by molar-refractivity contribution is 5.83. The van der Waals surface area contributed by atoms with Crippen molar-refractivity contribution >= 4 is 5.91 Å². The summed E-state index contributed by atoms with van der Waals surface area (Å²) in [5.74, 6) is 0.207. The lowest BCUT2D eigenvalue weighted by atomic mass is 9.81. The topological polar surface area (TPSA) is 41.1 Å². The van der Waals surface area contributed by atoms with Gasteiger partial charge in [-0.2, -0.15) is 0 Å². The molecule has 2 rings (SSSR count). The Bertz CT molecular complexity index is 464. The highest BCUT2D eigenvalue weighted by Crippen LogP contribution is 2.32. The first-order valence-electron chi connectivity index (χ1n) is 7.66. The van der Waals surface area contributed by atoms with Gasteiger partial charge in [0.25, 0.3) is 0 Å². The molecule has 1 amide bonds. The fourth-order valence-corrected chi connectivity index (χ4v) is 3.12. The molecule has 1 aliphatic rings. The predicted octanol–water partition coefficient (Wildman–Crippen LogP) is 2.95. The van der Waals surface area contributed by atoms with Crippen LogP contribution in [0.2, 0.25) is 0 Å². The summed E-state index contributed by atoms with van der Waals surface area (Å²) in [5.41, 5.74) is 2.21. The van der Waals surface area contributed by atoms with Gasteiger partial charge in [0.05, 0.1) is 11.5 Å². The normalized spacial score (nSPS) is 23.6. The van der Waals surface area contributed by atoms with Gasteiger partial charge in [-0.05, 0) is 38.8 Å². The second-order valence-corrected chi connectivity index (χ2v) is 6.07. The molecule has 1 aromatic carbocycles. The van der Waals surface area contributed by atoms with Crippen molar-refractivity contribution in [2.75, 3.05) is 13.1 Å². The smallest absolute Gasteiger partial charge is 0.228 e. The van der Waals surface area contributed by atoms with Gasteiger partial charge >= 0.3 is 0 Å². The number of nitrogens with one attached hydrogen (secondary N) is 2.